The lowest BCUT2D eigenvalue weighted by atomic mass is 10.1. The monoisotopic (exact) mass is 272 g/mol. The molecule has 1 aromatic carbocycles. The Balaban J connectivity index is 1.77. The van der Waals surface area contributed by atoms with Crippen LogP contribution in [-0.4, -0.2) is 24.7 Å². The number of nitrogens with zero attached hydrogens (tertiary/aromatic N) is 1. The van der Waals surface area contributed by atoms with Gasteiger partial charge in [-0.2, -0.15) is 0 Å². The highest BCUT2D eigenvalue weighted by Gasteiger charge is 1.98. The first-order chi connectivity index (χ1) is 9.79. The Hall–Kier alpha value is -1.45. The van der Waals surface area contributed by atoms with Crippen LogP contribution in [0, 0.1) is 6.92 Å². The number of hydrogen-bond donors (Lipinski definition) is 1. The van der Waals surface area contributed by atoms with Crippen molar-refractivity contribution in [1.82, 2.24) is 10.3 Å². The topological polar surface area (TPSA) is 34.1 Å². The molecule has 0 saturated heterocycles. The van der Waals surface area contributed by atoms with Crippen LogP contribution >= 0.6 is 0 Å². The second-order valence-corrected chi connectivity index (χ2v) is 5.12. The summed E-state index contributed by atoms with van der Waals surface area (Å²) >= 11 is 0. The van der Waals surface area contributed by atoms with Crippen molar-refractivity contribution in [3.05, 3.63) is 41.6 Å². The molecule has 0 fully saturated rings. The molecule has 108 valence electrons. The number of fused-ring (bicyclic) bond motifs is 1. The molecule has 0 aliphatic rings. The van der Waals surface area contributed by atoms with E-state index in [-0.39, 0.29) is 0 Å². The molecule has 1 heterocycles. The minimum atomic E-state index is 0.849. The number of benzene rings is 1. The van der Waals surface area contributed by atoms with Crippen LogP contribution in [0.4, 0.5) is 0 Å². The molecule has 0 aliphatic carbocycles. The van der Waals surface area contributed by atoms with E-state index < -0.39 is 0 Å². The maximum absolute atomic E-state index is 5.46. The molecular formula is C17H24N2O. The number of nitrogens with one attached hydrogen (secondary N) is 1. The van der Waals surface area contributed by atoms with Crippen molar-refractivity contribution in [2.24, 2.45) is 0 Å². The normalized spacial score (nSPS) is 11.1. The summed E-state index contributed by atoms with van der Waals surface area (Å²) in [6.07, 6.45) is 2.16. The summed E-state index contributed by atoms with van der Waals surface area (Å²) in [6.45, 7) is 7.77. The van der Waals surface area contributed by atoms with E-state index in [0.29, 0.717) is 0 Å². The van der Waals surface area contributed by atoms with Crippen LogP contribution in [0.1, 0.15) is 31.0 Å². The van der Waals surface area contributed by atoms with Gasteiger partial charge in [-0.15, -0.1) is 0 Å². The predicted molar refractivity (Wildman–Crippen MR) is 83.9 cm³/mol. The smallest absolute Gasteiger partial charge is 0.0705 e. The van der Waals surface area contributed by atoms with E-state index in [9.17, 15) is 0 Å². The summed E-state index contributed by atoms with van der Waals surface area (Å²) < 4.78 is 5.46. The summed E-state index contributed by atoms with van der Waals surface area (Å²) in [5.41, 5.74) is 3.44. The fourth-order valence-corrected chi connectivity index (χ4v) is 2.17. The Kier molecular flexibility index (Phi) is 5.96. The Morgan fingerprint density at radius 2 is 2.05 bits per heavy atom. The Labute approximate surface area is 121 Å². The van der Waals surface area contributed by atoms with Gasteiger partial charge in [-0.3, -0.25) is 4.98 Å². The van der Waals surface area contributed by atoms with Gasteiger partial charge in [-0.1, -0.05) is 19.1 Å². The summed E-state index contributed by atoms with van der Waals surface area (Å²) in [5, 5.41) is 4.66. The predicted octanol–water partition coefficient (Wildman–Crippen LogP) is 3.45. The zero-order valence-electron chi connectivity index (χ0n) is 12.5. The third-order valence-electron chi connectivity index (χ3n) is 3.21. The van der Waals surface area contributed by atoms with Gasteiger partial charge >= 0.3 is 0 Å². The third kappa shape index (κ3) is 4.58. The Morgan fingerprint density at radius 1 is 1.15 bits per heavy atom. The van der Waals surface area contributed by atoms with Crippen molar-refractivity contribution in [2.75, 3.05) is 19.8 Å². The van der Waals surface area contributed by atoms with Crippen molar-refractivity contribution in [3.8, 4) is 0 Å². The van der Waals surface area contributed by atoms with Crippen LogP contribution in [0.25, 0.3) is 10.9 Å². The molecule has 2 rings (SSSR count). The summed E-state index contributed by atoms with van der Waals surface area (Å²) in [6, 6.07) is 10.7. The minimum absolute atomic E-state index is 0.849. The van der Waals surface area contributed by atoms with Gasteiger partial charge in [0.25, 0.3) is 0 Å². The summed E-state index contributed by atoms with van der Waals surface area (Å²) in [4.78, 5) is 4.52. The molecule has 0 unspecified atom stereocenters. The molecule has 0 bridgehead atoms. The highest BCUT2D eigenvalue weighted by molar-refractivity contribution is 5.79. The first kappa shape index (κ1) is 14.9. The number of ether oxygens (including phenoxy) is 1. The van der Waals surface area contributed by atoms with E-state index in [1.54, 1.807) is 0 Å². The van der Waals surface area contributed by atoms with E-state index in [4.69, 9.17) is 4.74 Å². The van der Waals surface area contributed by atoms with E-state index in [0.717, 1.165) is 50.4 Å². The Bertz CT molecular complexity index is 540. The van der Waals surface area contributed by atoms with Crippen molar-refractivity contribution in [2.45, 2.75) is 33.2 Å². The van der Waals surface area contributed by atoms with E-state index in [2.05, 4.69) is 47.6 Å². The minimum Gasteiger partial charge on any atom is -0.381 e. The molecular weight excluding hydrogens is 248 g/mol. The van der Waals surface area contributed by atoms with Gasteiger partial charge in [0.05, 0.1) is 5.52 Å². The maximum Gasteiger partial charge on any atom is 0.0705 e. The maximum atomic E-state index is 5.46. The highest BCUT2D eigenvalue weighted by atomic mass is 16.5. The number of hydrogen-bond acceptors (Lipinski definition) is 3. The SMILES string of the molecule is CCCOCCCNCc1ccc2nc(C)ccc2c1. The van der Waals surface area contributed by atoms with Gasteiger partial charge in [-0.05, 0) is 50.1 Å². The molecule has 0 atom stereocenters. The van der Waals surface area contributed by atoms with Crippen molar-refractivity contribution >= 4 is 10.9 Å². The van der Waals surface area contributed by atoms with Crippen LogP contribution in [0.2, 0.25) is 0 Å². The van der Waals surface area contributed by atoms with Crippen LogP contribution in [0.3, 0.4) is 0 Å². The van der Waals surface area contributed by atoms with E-state index in [1.807, 2.05) is 6.92 Å². The molecule has 3 nitrogen and oxygen atoms in total. The quantitative estimate of drug-likeness (QED) is 0.747. The molecule has 20 heavy (non-hydrogen) atoms. The molecule has 0 aliphatic heterocycles. The lowest BCUT2D eigenvalue weighted by Crippen LogP contribution is -2.16. The number of aryl methyl sites for hydroxylation is 1. The zero-order valence-corrected chi connectivity index (χ0v) is 12.5. The van der Waals surface area contributed by atoms with Crippen LogP contribution in [0.15, 0.2) is 30.3 Å². The van der Waals surface area contributed by atoms with Gasteiger partial charge in [0, 0.05) is 30.8 Å². The second-order valence-electron chi connectivity index (χ2n) is 5.12. The van der Waals surface area contributed by atoms with Crippen molar-refractivity contribution in [1.29, 1.82) is 0 Å². The molecule has 1 aromatic heterocycles. The first-order valence-corrected chi connectivity index (χ1v) is 7.44. The fraction of sp³-hybridized carbons (Fsp3) is 0.471. The molecule has 0 saturated carbocycles. The standard InChI is InChI=1S/C17H24N2O/c1-3-10-20-11-4-9-18-13-15-6-8-17-16(12-15)7-5-14(2)19-17/h5-8,12,18H,3-4,9-11,13H2,1-2H3. The number of pyridine rings is 1. The molecule has 0 amide bonds. The van der Waals surface area contributed by atoms with E-state index >= 15 is 0 Å². The molecule has 2 aromatic rings. The molecule has 3 heteroatoms. The average Bonchev–Trinajstić information content (AvgIpc) is 2.46. The van der Waals surface area contributed by atoms with Crippen LogP contribution < -0.4 is 5.32 Å². The molecule has 0 spiro atoms. The Morgan fingerprint density at radius 3 is 2.90 bits per heavy atom. The van der Waals surface area contributed by atoms with Crippen molar-refractivity contribution in [3.63, 3.8) is 0 Å². The number of aromatic nitrogens is 1. The lowest BCUT2D eigenvalue weighted by molar-refractivity contribution is 0.132. The fourth-order valence-electron chi connectivity index (χ4n) is 2.17. The third-order valence-corrected chi connectivity index (χ3v) is 3.21. The van der Waals surface area contributed by atoms with Gasteiger partial charge in [-0.25, -0.2) is 0 Å². The highest BCUT2D eigenvalue weighted by Crippen LogP contribution is 2.14. The zero-order chi connectivity index (χ0) is 14.2. The van der Waals surface area contributed by atoms with Gasteiger partial charge in [0.2, 0.25) is 0 Å². The number of rotatable bonds is 8. The average molecular weight is 272 g/mol. The summed E-state index contributed by atoms with van der Waals surface area (Å²) in [7, 11) is 0. The molecule has 0 radical (unpaired) electrons. The summed E-state index contributed by atoms with van der Waals surface area (Å²) in [5.74, 6) is 0. The first-order valence-electron chi connectivity index (χ1n) is 7.44. The lowest BCUT2D eigenvalue weighted by Gasteiger charge is -2.07. The molecule has 1 N–H and O–H groups in total. The largest absolute Gasteiger partial charge is 0.381 e. The van der Waals surface area contributed by atoms with Gasteiger partial charge < -0.3 is 10.1 Å². The second kappa shape index (κ2) is 7.98. The van der Waals surface area contributed by atoms with Crippen molar-refractivity contribution < 1.29 is 4.74 Å². The van der Waals surface area contributed by atoms with Gasteiger partial charge in [0.1, 0.15) is 0 Å². The van der Waals surface area contributed by atoms with Gasteiger partial charge in [0.15, 0.2) is 0 Å². The van der Waals surface area contributed by atoms with E-state index in [1.165, 1.54) is 10.9 Å². The van der Waals surface area contributed by atoms with Crippen LogP contribution in [-0.2, 0) is 11.3 Å². The van der Waals surface area contributed by atoms with Crippen LogP contribution in [0.5, 0.6) is 0 Å².